The third kappa shape index (κ3) is 5.42. The van der Waals surface area contributed by atoms with Crippen molar-refractivity contribution in [3.8, 4) is 11.1 Å². The first-order valence-electron chi connectivity index (χ1n) is 9.37. The Kier molecular flexibility index (Phi) is 8.06. The lowest BCUT2D eigenvalue weighted by atomic mass is 9.98. The first-order valence-corrected chi connectivity index (χ1v) is 9.37. The number of rotatable bonds is 8. The molecule has 6 N–H and O–H groups in total. The lowest BCUT2D eigenvalue weighted by Crippen LogP contribution is -2.41. The van der Waals surface area contributed by atoms with E-state index in [1.165, 1.54) is 0 Å². The van der Waals surface area contributed by atoms with Gasteiger partial charge in [0.1, 0.15) is 12.6 Å². The van der Waals surface area contributed by atoms with Gasteiger partial charge in [-0.1, -0.05) is 48.5 Å². The Labute approximate surface area is 180 Å². The van der Waals surface area contributed by atoms with Crippen LogP contribution in [0.1, 0.15) is 29.9 Å². The standard InChI is InChI=1S/C21H24N4O4.ClH/c22-20(23)24-11-5-10-18(19(26)27)25-21(28)29-12-17-15-8-3-1-6-13(15)14-7-2-4-9-16(14)17;/h1-4,6-9,17-18H,5,10-12H2,(H,25,28)(H,26,27)(H4,22,23,24);1H. The smallest absolute Gasteiger partial charge is 0.407 e. The summed E-state index contributed by atoms with van der Waals surface area (Å²) in [5, 5.41) is 11.7. The first-order chi connectivity index (χ1) is 14.0. The minimum atomic E-state index is -1.14. The van der Waals surface area contributed by atoms with Gasteiger partial charge >= 0.3 is 12.1 Å². The number of amides is 1. The Bertz CT molecular complexity index is 885. The van der Waals surface area contributed by atoms with Crippen LogP contribution in [0.15, 0.2) is 53.5 Å². The third-order valence-electron chi connectivity index (χ3n) is 4.88. The van der Waals surface area contributed by atoms with Gasteiger partial charge in [0.25, 0.3) is 0 Å². The third-order valence-corrected chi connectivity index (χ3v) is 4.88. The summed E-state index contributed by atoms with van der Waals surface area (Å²) in [6.45, 7) is 0.415. The molecule has 0 spiro atoms. The molecule has 0 saturated heterocycles. The van der Waals surface area contributed by atoms with Gasteiger partial charge in [0, 0.05) is 12.5 Å². The molecule has 1 unspecified atom stereocenters. The van der Waals surface area contributed by atoms with E-state index in [4.69, 9.17) is 16.2 Å². The summed E-state index contributed by atoms with van der Waals surface area (Å²) in [5.41, 5.74) is 14.9. The van der Waals surface area contributed by atoms with Crippen LogP contribution in [0.3, 0.4) is 0 Å². The van der Waals surface area contributed by atoms with Crippen LogP contribution in [0.25, 0.3) is 11.1 Å². The van der Waals surface area contributed by atoms with Crippen molar-refractivity contribution in [2.75, 3.05) is 13.2 Å². The topological polar surface area (TPSA) is 140 Å². The van der Waals surface area contributed by atoms with Crippen LogP contribution in [0.4, 0.5) is 4.79 Å². The minimum Gasteiger partial charge on any atom is -0.480 e. The van der Waals surface area contributed by atoms with E-state index in [-0.39, 0.29) is 37.3 Å². The number of carbonyl (C=O) groups is 2. The predicted octanol–water partition coefficient (Wildman–Crippen LogP) is 2.45. The van der Waals surface area contributed by atoms with Gasteiger partial charge in [0.05, 0.1) is 0 Å². The highest BCUT2D eigenvalue weighted by Crippen LogP contribution is 2.44. The number of nitrogens with one attached hydrogen (secondary N) is 1. The molecule has 1 amide bonds. The van der Waals surface area contributed by atoms with E-state index < -0.39 is 18.1 Å². The SMILES string of the molecule is Cl.NC(N)=NCCCC(NC(=O)OCC1c2ccccc2-c2ccccc21)C(=O)O. The van der Waals surface area contributed by atoms with E-state index in [1.54, 1.807) is 0 Å². The number of carboxylic acids is 1. The molecular formula is C21H25ClN4O4. The van der Waals surface area contributed by atoms with Crippen molar-refractivity contribution >= 4 is 30.4 Å². The largest absolute Gasteiger partial charge is 0.480 e. The Morgan fingerprint density at radius 2 is 1.63 bits per heavy atom. The number of halogens is 1. The Hall–Kier alpha value is -3.26. The second-order valence-electron chi connectivity index (χ2n) is 6.81. The number of fused-ring (bicyclic) bond motifs is 3. The van der Waals surface area contributed by atoms with Crippen molar-refractivity contribution in [3.05, 3.63) is 59.7 Å². The van der Waals surface area contributed by atoms with Gasteiger partial charge < -0.3 is 26.6 Å². The average Bonchev–Trinajstić information content (AvgIpc) is 3.02. The number of carbonyl (C=O) groups excluding carboxylic acids is 1. The number of nitrogens with zero attached hydrogens (tertiary/aromatic N) is 1. The molecule has 3 rings (SSSR count). The number of aliphatic carboxylic acids is 1. The number of carboxylic acid groups (broad SMARTS) is 1. The molecule has 30 heavy (non-hydrogen) atoms. The van der Waals surface area contributed by atoms with E-state index >= 15 is 0 Å². The predicted molar refractivity (Wildman–Crippen MR) is 117 cm³/mol. The molecule has 0 aliphatic heterocycles. The number of guanidine groups is 1. The molecule has 0 saturated carbocycles. The maximum atomic E-state index is 12.2. The lowest BCUT2D eigenvalue weighted by molar-refractivity contribution is -0.139. The molecule has 160 valence electrons. The second-order valence-corrected chi connectivity index (χ2v) is 6.81. The summed E-state index contributed by atoms with van der Waals surface area (Å²) in [6, 6.07) is 14.9. The average molecular weight is 433 g/mol. The van der Waals surface area contributed by atoms with Crippen LogP contribution in [-0.4, -0.2) is 42.3 Å². The fourth-order valence-electron chi connectivity index (χ4n) is 3.54. The normalized spacial score (nSPS) is 12.7. The molecule has 0 radical (unpaired) electrons. The number of benzene rings is 2. The van der Waals surface area contributed by atoms with Crippen molar-refractivity contribution in [1.29, 1.82) is 0 Å². The van der Waals surface area contributed by atoms with Crippen molar-refractivity contribution in [2.45, 2.75) is 24.8 Å². The Morgan fingerprint density at radius 1 is 1.07 bits per heavy atom. The molecule has 1 atom stereocenters. The molecule has 8 nitrogen and oxygen atoms in total. The quantitative estimate of drug-likeness (QED) is 0.287. The van der Waals surface area contributed by atoms with Gasteiger partial charge in [-0.2, -0.15) is 0 Å². The van der Waals surface area contributed by atoms with Crippen LogP contribution >= 0.6 is 12.4 Å². The zero-order valence-electron chi connectivity index (χ0n) is 16.3. The number of ether oxygens (including phenoxy) is 1. The van der Waals surface area contributed by atoms with Crippen molar-refractivity contribution in [1.82, 2.24) is 5.32 Å². The van der Waals surface area contributed by atoms with Gasteiger partial charge in [-0.05, 0) is 35.1 Å². The van der Waals surface area contributed by atoms with E-state index in [9.17, 15) is 14.7 Å². The van der Waals surface area contributed by atoms with Crippen LogP contribution < -0.4 is 16.8 Å². The summed E-state index contributed by atoms with van der Waals surface area (Å²) in [4.78, 5) is 27.4. The van der Waals surface area contributed by atoms with Crippen LogP contribution in [0, 0.1) is 0 Å². The number of hydrogen-bond donors (Lipinski definition) is 4. The summed E-state index contributed by atoms with van der Waals surface area (Å²) in [6.07, 6.45) is -0.157. The van der Waals surface area contributed by atoms with E-state index in [0.29, 0.717) is 13.0 Å². The molecule has 0 heterocycles. The fourth-order valence-corrected chi connectivity index (χ4v) is 3.54. The molecule has 0 bridgehead atoms. The number of nitrogens with two attached hydrogens (primary N) is 2. The molecule has 1 aliphatic carbocycles. The molecule has 0 fully saturated rings. The summed E-state index contributed by atoms with van der Waals surface area (Å²) < 4.78 is 5.38. The lowest BCUT2D eigenvalue weighted by Gasteiger charge is -2.17. The first kappa shape index (κ1) is 23.0. The maximum absolute atomic E-state index is 12.2. The number of aliphatic imine (C=N–C) groups is 1. The monoisotopic (exact) mass is 432 g/mol. The zero-order valence-corrected chi connectivity index (χ0v) is 17.1. The molecule has 2 aromatic carbocycles. The fraction of sp³-hybridized carbons (Fsp3) is 0.286. The van der Waals surface area contributed by atoms with E-state index in [1.807, 2.05) is 48.5 Å². The molecule has 0 aromatic heterocycles. The van der Waals surface area contributed by atoms with Crippen LogP contribution in [0.2, 0.25) is 0 Å². The maximum Gasteiger partial charge on any atom is 0.407 e. The molecular weight excluding hydrogens is 408 g/mol. The van der Waals surface area contributed by atoms with Gasteiger partial charge in [-0.15, -0.1) is 12.4 Å². The van der Waals surface area contributed by atoms with E-state index in [2.05, 4.69) is 10.3 Å². The molecule has 9 heteroatoms. The summed E-state index contributed by atoms with van der Waals surface area (Å²) >= 11 is 0. The van der Waals surface area contributed by atoms with Crippen molar-refractivity contribution in [3.63, 3.8) is 0 Å². The highest BCUT2D eigenvalue weighted by atomic mass is 35.5. The van der Waals surface area contributed by atoms with Gasteiger partial charge in [-0.3, -0.25) is 4.99 Å². The number of hydrogen-bond acceptors (Lipinski definition) is 4. The zero-order chi connectivity index (χ0) is 20.8. The van der Waals surface area contributed by atoms with E-state index in [0.717, 1.165) is 22.3 Å². The second kappa shape index (κ2) is 10.5. The molecule has 1 aliphatic rings. The minimum absolute atomic E-state index is 0. The van der Waals surface area contributed by atoms with Gasteiger partial charge in [0.2, 0.25) is 0 Å². The Balaban J connectivity index is 0.00000320. The van der Waals surface area contributed by atoms with Crippen molar-refractivity contribution in [2.24, 2.45) is 16.5 Å². The van der Waals surface area contributed by atoms with Crippen molar-refractivity contribution < 1.29 is 19.4 Å². The number of alkyl carbamates (subject to hydrolysis) is 1. The summed E-state index contributed by atoms with van der Waals surface area (Å²) in [5.74, 6) is -1.28. The summed E-state index contributed by atoms with van der Waals surface area (Å²) in [7, 11) is 0. The highest BCUT2D eigenvalue weighted by molar-refractivity contribution is 5.85. The van der Waals surface area contributed by atoms with Gasteiger partial charge in [0.15, 0.2) is 5.96 Å². The Morgan fingerprint density at radius 3 is 2.17 bits per heavy atom. The van der Waals surface area contributed by atoms with Crippen LogP contribution in [-0.2, 0) is 9.53 Å². The van der Waals surface area contributed by atoms with Gasteiger partial charge in [-0.25, -0.2) is 9.59 Å². The molecule has 2 aromatic rings. The van der Waals surface area contributed by atoms with Crippen LogP contribution in [0.5, 0.6) is 0 Å². The highest BCUT2D eigenvalue weighted by Gasteiger charge is 2.29.